The Morgan fingerprint density at radius 1 is 1.13 bits per heavy atom. The number of benzene rings is 2. The van der Waals surface area contributed by atoms with Crippen LogP contribution in [0.15, 0.2) is 42.5 Å². The molecule has 0 unspecified atom stereocenters. The standard InChI is InChI=1S/C19H19ClN2O/c20-14-7-8-17-13(11-14)6-9-18(17)21-15-3-1-4-16(12-15)22-10-2-5-19(22)23/h1,3-4,7-8,11-12,18,21H,2,5-6,9-10H2/t18-/m1/s1. The Labute approximate surface area is 141 Å². The van der Waals surface area contributed by atoms with Gasteiger partial charge in [0.15, 0.2) is 0 Å². The second kappa shape index (κ2) is 5.89. The topological polar surface area (TPSA) is 32.3 Å². The first-order valence-electron chi connectivity index (χ1n) is 8.16. The van der Waals surface area contributed by atoms with Crippen molar-refractivity contribution in [3.8, 4) is 0 Å². The quantitative estimate of drug-likeness (QED) is 0.896. The van der Waals surface area contributed by atoms with E-state index in [2.05, 4.69) is 29.6 Å². The largest absolute Gasteiger partial charge is 0.378 e. The number of halogens is 1. The Kier molecular flexibility index (Phi) is 3.74. The second-order valence-electron chi connectivity index (χ2n) is 6.28. The molecule has 0 bridgehead atoms. The lowest BCUT2D eigenvalue weighted by Crippen LogP contribution is -2.23. The summed E-state index contributed by atoms with van der Waals surface area (Å²) in [6.45, 7) is 0.826. The van der Waals surface area contributed by atoms with Gasteiger partial charge in [0.1, 0.15) is 0 Å². The second-order valence-corrected chi connectivity index (χ2v) is 6.71. The van der Waals surface area contributed by atoms with Crippen LogP contribution in [0, 0.1) is 0 Å². The molecule has 1 atom stereocenters. The average molecular weight is 327 g/mol. The molecule has 1 amide bonds. The summed E-state index contributed by atoms with van der Waals surface area (Å²) in [4.78, 5) is 13.8. The third-order valence-corrected chi connectivity index (χ3v) is 4.99. The predicted molar refractivity (Wildman–Crippen MR) is 94.2 cm³/mol. The fourth-order valence-electron chi connectivity index (χ4n) is 3.62. The van der Waals surface area contributed by atoms with E-state index in [0.717, 1.165) is 42.2 Å². The zero-order valence-corrected chi connectivity index (χ0v) is 13.6. The third kappa shape index (κ3) is 2.81. The SMILES string of the molecule is O=C1CCCN1c1cccc(N[C@@H]2CCc3cc(Cl)ccc32)c1. The first-order chi connectivity index (χ1) is 11.2. The van der Waals surface area contributed by atoms with Crippen LogP contribution in [0.1, 0.15) is 36.4 Å². The van der Waals surface area contributed by atoms with Gasteiger partial charge in [-0.05, 0) is 60.7 Å². The van der Waals surface area contributed by atoms with Gasteiger partial charge in [0.25, 0.3) is 0 Å². The fraction of sp³-hybridized carbons (Fsp3) is 0.316. The highest BCUT2D eigenvalue weighted by Crippen LogP contribution is 2.36. The van der Waals surface area contributed by atoms with Crippen molar-refractivity contribution >= 4 is 28.9 Å². The Balaban J connectivity index is 1.55. The average Bonchev–Trinajstić information content (AvgIpc) is 3.14. The van der Waals surface area contributed by atoms with Crippen LogP contribution in [0.2, 0.25) is 5.02 Å². The molecule has 4 rings (SSSR count). The summed E-state index contributed by atoms with van der Waals surface area (Å²) in [5, 5.41) is 4.42. The van der Waals surface area contributed by atoms with Crippen molar-refractivity contribution in [1.82, 2.24) is 0 Å². The van der Waals surface area contributed by atoms with E-state index in [1.807, 2.05) is 23.1 Å². The number of carbonyl (C=O) groups is 1. The van der Waals surface area contributed by atoms with E-state index in [0.29, 0.717) is 12.5 Å². The lowest BCUT2D eigenvalue weighted by atomic mass is 10.1. The van der Waals surface area contributed by atoms with Gasteiger partial charge in [-0.2, -0.15) is 0 Å². The van der Waals surface area contributed by atoms with Gasteiger partial charge in [0.2, 0.25) is 5.91 Å². The Morgan fingerprint density at radius 3 is 2.87 bits per heavy atom. The van der Waals surface area contributed by atoms with E-state index in [9.17, 15) is 4.79 Å². The molecule has 23 heavy (non-hydrogen) atoms. The number of hydrogen-bond donors (Lipinski definition) is 1. The maximum Gasteiger partial charge on any atom is 0.227 e. The molecule has 4 heteroatoms. The van der Waals surface area contributed by atoms with Crippen molar-refractivity contribution in [1.29, 1.82) is 0 Å². The summed E-state index contributed by atoms with van der Waals surface area (Å²) in [5.41, 5.74) is 4.72. The number of hydrogen-bond acceptors (Lipinski definition) is 2. The van der Waals surface area contributed by atoms with Crippen molar-refractivity contribution < 1.29 is 4.79 Å². The van der Waals surface area contributed by atoms with Gasteiger partial charge in [-0.1, -0.05) is 23.7 Å². The molecule has 1 aliphatic heterocycles. The molecule has 0 saturated carbocycles. The van der Waals surface area contributed by atoms with Gasteiger partial charge < -0.3 is 10.2 Å². The molecule has 1 fully saturated rings. The zero-order valence-electron chi connectivity index (χ0n) is 12.9. The number of anilines is 2. The van der Waals surface area contributed by atoms with Crippen molar-refractivity contribution in [3.63, 3.8) is 0 Å². The van der Waals surface area contributed by atoms with Crippen LogP contribution in [0.3, 0.4) is 0 Å². The van der Waals surface area contributed by atoms with Gasteiger partial charge in [0, 0.05) is 29.4 Å². The number of fused-ring (bicyclic) bond motifs is 1. The minimum atomic E-state index is 0.225. The molecule has 2 aromatic carbocycles. The van der Waals surface area contributed by atoms with Crippen molar-refractivity contribution in [2.45, 2.75) is 31.7 Å². The highest BCUT2D eigenvalue weighted by Gasteiger charge is 2.24. The van der Waals surface area contributed by atoms with Gasteiger partial charge in [-0.3, -0.25) is 4.79 Å². The van der Waals surface area contributed by atoms with E-state index < -0.39 is 0 Å². The summed E-state index contributed by atoms with van der Waals surface area (Å²) >= 11 is 6.08. The maximum absolute atomic E-state index is 11.9. The fourth-order valence-corrected chi connectivity index (χ4v) is 3.82. The molecule has 1 saturated heterocycles. The minimum absolute atomic E-state index is 0.225. The summed E-state index contributed by atoms with van der Waals surface area (Å²) in [6, 6.07) is 14.6. The summed E-state index contributed by atoms with van der Waals surface area (Å²) < 4.78 is 0. The van der Waals surface area contributed by atoms with Crippen molar-refractivity contribution in [2.24, 2.45) is 0 Å². The summed E-state index contributed by atoms with van der Waals surface area (Å²) in [7, 11) is 0. The summed E-state index contributed by atoms with van der Waals surface area (Å²) in [5.74, 6) is 0.225. The normalized spacial score (nSPS) is 20.0. The molecular formula is C19H19ClN2O. The van der Waals surface area contributed by atoms with Crippen LogP contribution in [0.4, 0.5) is 11.4 Å². The molecule has 1 aliphatic carbocycles. The van der Waals surface area contributed by atoms with Crippen molar-refractivity contribution in [3.05, 3.63) is 58.6 Å². The van der Waals surface area contributed by atoms with Gasteiger partial charge in [-0.25, -0.2) is 0 Å². The van der Waals surface area contributed by atoms with Crippen LogP contribution < -0.4 is 10.2 Å². The monoisotopic (exact) mass is 326 g/mol. The van der Waals surface area contributed by atoms with Crippen LogP contribution in [0.25, 0.3) is 0 Å². The third-order valence-electron chi connectivity index (χ3n) is 4.75. The van der Waals surface area contributed by atoms with Crippen LogP contribution in [-0.4, -0.2) is 12.5 Å². The molecule has 0 aromatic heterocycles. The summed E-state index contributed by atoms with van der Waals surface area (Å²) in [6.07, 6.45) is 3.74. The lowest BCUT2D eigenvalue weighted by molar-refractivity contribution is -0.117. The van der Waals surface area contributed by atoms with E-state index in [4.69, 9.17) is 11.6 Å². The molecule has 0 spiro atoms. The van der Waals surface area contributed by atoms with E-state index in [1.165, 1.54) is 11.1 Å². The molecule has 2 aromatic rings. The highest BCUT2D eigenvalue weighted by molar-refractivity contribution is 6.30. The molecule has 1 heterocycles. The molecule has 3 nitrogen and oxygen atoms in total. The van der Waals surface area contributed by atoms with E-state index >= 15 is 0 Å². The number of amides is 1. The van der Waals surface area contributed by atoms with E-state index in [1.54, 1.807) is 0 Å². The lowest BCUT2D eigenvalue weighted by Gasteiger charge is -2.19. The highest BCUT2D eigenvalue weighted by atomic mass is 35.5. The first-order valence-corrected chi connectivity index (χ1v) is 8.54. The number of nitrogens with zero attached hydrogens (tertiary/aromatic N) is 1. The van der Waals surface area contributed by atoms with Crippen molar-refractivity contribution in [2.75, 3.05) is 16.8 Å². The Bertz CT molecular complexity index is 759. The van der Waals surface area contributed by atoms with Gasteiger partial charge in [0.05, 0.1) is 6.04 Å². The van der Waals surface area contributed by atoms with Crippen LogP contribution in [0.5, 0.6) is 0 Å². The van der Waals surface area contributed by atoms with Crippen LogP contribution >= 0.6 is 11.6 Å². The minimum Gasteiger partial charge on any atom is -0.378 e. The molecule has 118 valence electrons. The Hall–Kier alpha value is -2.00. The molecule has 0 radical (unpaired) electrons. The zero-order chi connectivity index (χ0) is 15.8. The molecular weight excluding hydrogens is 308 g/mol. The Morgan fingerprint density at radius 2 is 2.04 bits per heavy atom. The molecule has 2 aliphatic rings. The van der Waals surface area contributed by atoms with E-state index in [-0.39, 0.29) is 5.91 Å². The van der Waals surface area contributed by atoms with Crippen LogP contribution in [-0.2, 0) is 11.2 Å². The number of rotatable bonds is 3. The first kappa shape index (κ1) is 14.6. The maximum atomic E-state index is 11.9. The number of nitrogens with one attached hydrogen (secondary N) is 1. The van der Waals surface area contributed by atoms with Gasteiger partial charge >= 0.3 is 0 Å². The molecule has 1 N–H and O–H groups in total. The number of carbonyl (C=O) groups excluding carboxylic acids is 1. The number of aryl methyl sites for hydroxylation is 1. The van der Waals surface area contributed by atoms with Gasteiger partial charge in [-0.15, -0.1) is 0 Å². The smallest absolute Gasteiger partial charge is 0.227 e. The predicted octanol–water partition coefficient (Wildman–Crippen LogP) is 4.57.